The lowest BCUT2D eigenvalue weighted by atomic mass is 9.75. The SMILES string of the molecule is COCc1ccccc1NC(=O)C(F)(F)C1(O)CCC1. The number of ether oxygens (including phenoxy) is 1. The van der Waals surface area contributed by atoms with Gasteiger partial charge in [0.15, 0.2) is 0 Å². The lowest BCUT2D eigenvalue weighted by Crippen LogP contribution is -2.59. The molecule has 20 heavy (non-hydrogen) atoms. The summed E-state index contributed by atoms with van der Waals surface area (Å²) in [5, 5.41) is 11.9. The first-order chi connectivity index (χ1) is 9.40. The average Bonchev–Trinajstić information content (AvgIpc) is 2.38. The summed E-state index contributed by atoms with van der Waals surface area (Å²) < 4.78 is 32.9. The summed E-state index contributed by atoms with van der Waals surface area (Å²) in [6, 6.07) is 6.55. The molecule has 0 aromatic heterocycles. The van der Waals surface area contributed by atoms with Crippen molar-refractivity contribution in [3.8, 4) is 0 Å². The van der Waals surface area contributed by atoms with Crippen molar-refractivity contribution in [3.63, 3.8) is 0 Å². The first-order valence-electron chi connectivity index (χ1n) is 6.39. The zero-order valence-corrected chi connectivity index (χ0v) is 11.2. The van der Waals surface area contributed by atoms with E-state index < -0.39 is 17.4 Å². The molecule has 0 saturated heterocycles. The number of nitrogens with one attached hydrogen (secondary N) is 1. The number of methoxy groups -OCH3 is 1. The van der Waals surface area contributed by atoms with Gasteiger partial charge in [-0.1, -0.05) is 18.2 Å². The molecule has 0 bridgehead atoms. The maximum atomic E-state index is 14.0. The van der Waals surface area contributed by atoms with E-state index in [-0.39, 0.29) is 25.1 Å². The number of hydrogen-bond acceptors (Lipinski definition) is 3. The van der Waals surface area contributed by atoms with Gasteiger partial charge in [0.2, 0.25) is 0 Å². The highest BCUT2D eigenvalue weighted by atomic mass is 19.3. The van der Waals surface area contributed by atoms with Gasteiger partial charge in [-0.2, -0.15) is 8.78 Å². The van der Waals surface area contributed by atoms with Crippen LogP contribution < -0.4 is 5.32 Å². The Balaban J connectivity index is 2.15. The molecule has 1 aromatic rings. The molecule has 1 aromatic carbocycles. The van der Waals surface area contributed by atoms with Crippen LogP contribution in [-0.2, 0) is 16.1 Å². The van der Waals surface area contributed by atoms with E-state index >= 15 is 0 Å². The zero-order chi connectivity index (χ0) is 14.8. The Kier molecular flexibility index (Phi) is 4.06. The maximum Gasteiger partial charge on any atom is 0.352 e. The standard InChI is InChI=1S/C14H17F2NO3/c1-20-9-10-5-2-3-6-11(10)17-12(18)14(15,16)13(19)7-4-8-13/h2-3,5-6,19H,4,7-9H2,1H3,(H,17,18). The van der Waals surface area contributed by atoms with Gasteiger partial charge in [0.25, 0.3) is 5.91 Å². The fourth-order valence-electron chi connectivity index (χ4n) is 2.16. The van der Waals surface area contributed by atoms with Gasteiger partial charge in [-0.05, 0) is 25.3 Å². The number of para-hydroxylation sites is 1. The second-order valence-electron chi connectivity index (χ2n) is 5.00. The molecule has 1 aliphatic carbocycles. The van der Waals surface area contributed by atoms with Crippen LogP contribution in [0.5, 0.6) is 0 Å². The van der Waals surface area contributed by atoms with Crippen LogP contribution in [0.4, 0.5) is 14.5 Å². The molecular formula is C14H17F2NO3. The average molecular weight is 285 g/mol. The van der Waals surface area contributed by atoms with E-state index in [2.05, 4.69) is 5.32 Å². The molecule has 0 radical (unpaired) electrons. The molecule has 6 heteroatoms. The van der Waals surface area contributed by atoms with Crippen LogP contribution >= 0.6 is 0 Å². The molecule has 2 rings (SSSR count). The second kappa shape index (κ2) is 5.46. The molecular weight excluding hydrogens is 268 g/mol. The minimum atomic E-state index is -3.80. The molecule has 0 heterocycles. The van der Waals surface area contributed by atoms with E-state index in [0.717, 1.165) is 0 Å². The van der Waals surface area contributed by atoms with Crippen LogP contribution in [0, 0.1) is 0 Å². The molecule has 0 aliphatic heterocycles. The number of anilines is 1. The highest BCUT2D eigenvalue weighted by Crippen LogP contribution is 2.44. The Morgan fingerprint density at radius 2 is 2.10 bits per heavy atom. The summed E-state index contributed by atoms with van der Waals surface area (Å²) in [5.74, 6) is -5.28. The number of halogens is 2. The lowest BCUT2D eigenvalue weighted by Gasteiger charge is -2.41. The number of rotatable bonds is 5. The molecule has 0 spiro atoms. The normalized spacial score (nSPS) is 17.4. The van der Waals surface area contributed by atoms with E-state index in [1.807, 2.05) is 0 Å². The third-order valence-corrected chi connectivity index (χ3v) is 3.62. The largest absolute Gasteiger partial charge is 0.383 e. The highest BCUT2D eigenvalue weighted by molar-refractivity contribution is 5.97. The molecule has 0 unspecified atom stereocenters. The highest BCUT2D eigenvalue weighted by Gasteiger charge is 2.61. The molecule has 1 saturated carbocycles. The number of hydrogen-bond donors (Lipinski definition) is 2. The summed E-state index contributed by atoms with van der Waals surface area (Å²) in [5.41, 5.74) is -1.35. The van der Waals surface area contributed by atoms with Crippen LogP contribution in [0.25, 0.3) is 0 Å². The van der Waals surface area contributed by atoms with Gasteiger partial charge in [0.05, 0.1) is 6.61 Å². The number of aliphatic hydroxyl groups is 1. The topological polar surface area (TPSA) is 58.6 Å². The number of carbonyl (C=O) groups excluding carboxylic acids is 1. The van der Waals surface area contributed by atoms with E-state index in [9.17, 15) is 18.7 Å². The van der Waals surface area contributed by atoms with Gasteiger partial charge in [0.1, 0.15) is 5.60 Å². The Morgan fingerprint density at radius 1 is 1.45 bits per heavy atom. The molecule has 110 valence electrons. The fourth-order valence-corrected chi connectivity index (χ4v) is 2.16. The predicted octanol–water partition coefficient (Wildman–Crippen LogP) is 2.32. The minimum Gasteiger partial charge on any atom is -0.383 e. The summed E-state index contributed by atoms with van der Waals surface area (Å²) in [6.07, 6.45) is 0.375. The molecule has 1 amide bonds. The fraction of sp³-hybridized carbons (Fsp3) is 0.500. The summed E-state index contributed by atoms with van der Waals surface area (Å²) in [4.78, 5) is 11.8. The lowest BCUT2D eigenvalue weighted by molar-refractivity contribution is -0.212. The van der Waals surface area contributed by atoms with Crippen LogP contribution in [0.2, 0.25) is 0 Å². The van der Waals surface area contributed by atoms with Crippen molar-refractivity contribution >= 4 is 11.6 Å². The first-order valence-corrected chi connectivity index (χ1v) is 6.39. The Bertz CT molecular complexity index is 501. The van der Waals surface area contributed by atoms with Crippen LogP contribution in [0.1, 0.15) is 24.8 Å². The van der Waals surface area contributed by atoms with Crippen LogP contribution in [-0.4, -0.2) is 29.6 Å². The summed E-state index contributed by atoms with van der Waals surface area (Å²) >= 11 is 0. The number of alkyl halides is 2. The van der Waals surface area contributed by atoms with Crippen molar-refractivity contribution in [2.24, 2.45) is 0 Å². The van der Waals surface area contributed by atoms with Gasteiger partial charge < -0.3 is 15.2 Å². The number of benzene rings is 1. The smallest absolute Gasteiger partial charge is 0.352 e. The van der Waals surface area contributed by atoms with E-state index in [4.69, 9.17) is 4.74 Å². The van der Waals surface area contributed by atoms with Crippen LogP contribution in [0.15, 0.2) is 24.3 Å². The zero-order valence-electron chi connectivity index (χ0n) is 11.2. The van der Waals surface area contributed by atoms with Crippen molar-refractivity contribution in [2.75, 3.05) is 12.4 Å². The van der Waals surface area contributed by atoms with Crippen molar-refractivity contribution in [1.82, 2.24) is 0 Å². The molecule has 1 fully saturated rings. The predicted molar refractivity (Wildman–Crippen MR) is 69.5 cm³/mol. The van der Waals surface area contributed by atoms with Crippen molar-refractivity contribution in [3.05, 3.63) is 29.8 Å². The molecule has 2 N–H and O–H groups in total. The monoisotopic (exact) mass is 285 g/mol. The van der Waals surface area contributed by atoms with Crippen LogP contribution in [0.3, 0.4) is 0 Å². The Hall–Kier alpha value is -1.53. The van der Waals surface area contributed by atoms with E-state index in [1.54, 1.807) is 18.2 Å². The van der Waals surface area contributed by atoms with Gasteiger partial charge in [-0.3, -0.25) is 4.79 Å². The number of amides is 1. The minimum absolute atomic E-state index is 0.0624. The maximum absolute atomic E-state index is 14.0. The Labute approximate surface area is 115 Å². The first kappa shape index (κ1) is 14.9. The summed E-state index contributed by atoms with van der Waals surface area (Å²) in [7, 11) is 1.48. The molecule has 0 atom stereocenters. The molecule has 1 aliphatic rings. The Morgan fingerprint density at radius 3 is 2.65 bits per heavy atom. The van der Waals surface area contributed by atoms with E-state index in [0.29, 0.717) is 12.0 Å². The van der Waals surface area contributed by atoms with Gasteiger partial charge in [0, 0.05) is 18.4 Å². The van der Waals surface area contributed by atoms with Gasteiger partial charge in [-0.25, -0.2) is 0 Å². The molecule has 4 nitrogen and oxygen atoms in total. The second-order valence-corrected chi connectivity index (χ2v) is 5.00. The number of carbonyl (C=O) groups is 1. The van der Waals surface area contributed by atoms with Crippen molar-refractivity contribution in [1.29, 1.82) is 0 Å². The third-order valence-electron chi connectivity index (χ3n) is 3.62. The van der Waals surface area contributed by atoms with Crippen molar-refractivity contribution < 1.29 is 23.4 Å². The van der Waals surface area contributed by atoms with Crippen molar-refractivity contribution in [2.45, 2.75) is 37.4 Å². The van der Waals surface area contributed by atoms with E-state index in [1.165, 1.54) is 13.2 Å². The summed E-state index contributed by atoms with van der Waals surface area (Å²) in [6.45, 7) is 0.201. The quantitative estimate of drug-likeness (QED) is 0.873. The third kappa shape index (κ3) is 2.53. The van der Waals surface area contributed by atoms with Gasteiger partial charge in [-0.15, -0.1) is 0 Å². The van der Waals surface area contributed by atoms with Gasteiger partial charge >= 0.3 is 5.92 Å².